The number of hydrogen-bond donors (Lipinski definition) is 2. The fourth-order valence-electron chi connectivity index (χ4n) is 2.96. The van der Waals surface area contributed by atoms with Crippen LogP contribution in [0.2, 0.25) is 5.02 Å². The molecule has 1 aromatic heterocycles. The maximum atomic E-state index is 6.29. The van der Waals surface area contributed by atoms with E-state index in [-0.39, 0.29) is 0 Å². The fraction of sp³-hybridized carbons (Fsp3) is 0.353. The molecule has 0 spiro atoms. The van der Waals surface area contributed by atoms with Gasteiger partial charge in [-0.25, -0.2) is 4.98 Å². The van der Waals surface area contributed by atoms with Gasteiger partial charge in [0.2, 0.25) is 5.95 Å². The first-order chi connectivity index (χ1) is 11.8. The second-order valence-corrected chi connectivity index (χ2v) is 6.37. The van der Waals surface area contributed by atoms with E-state index in [9.17, 15) is 0 Å². The summed E-state index contributed by atoms with van der Waals surface area (Å²) in [5.41, 5.74) is 3.34. The van der Waals surface area contributed by atoms with Gasteiger partial charge in [-0.2, -0.15) is 4.98 Å². The Kier molecular flexibility index (Phi) is 4.32. The lowest BCUT2D eigenvalue weighted by molar-refractivity contribution is 0.724. The molecular formula is C17H19ClN6. The van der Waals surface area contributed by atoms with Crippen molar-refractivity contribution < 1.29 is 0 Å². The van der Waals surface area contributed by atoms with Gasteiger partial charge in [0.25, 0.3) is 0 Å². The van der Waals surface area contributed by atoms with Crippen LogP contribution in [-0.4, -0.2) is 42.4 Å². The van der Waals surface area contributed by atoms with E-state index < -0.39 is 0 Å². The summed E-state index contributed by atoms with van der Waals surface area (Å²) in [6.45, 7) is 4.58. The molecule has 2 aromatic rings. The van der Waals surface area contributed by atoms with Crippen molar-refractivity contribution >= 4 is 35.3 Å². The molecule has 1 aromatic carbocycles. The number of nitrogens with one attached hydrogen (secondary N) is 2. The molecule has 1 saturated heterocycles. The van der Waals surface area contributed by atoms with Crippen molar-refractivity contribution in [2.45, 2.75) is 13.0 Å². The number of benzene rings is 1. The Morgan fingerprint density at radius 3 is 3.12 bits per heavy atom. The SMILES string of the molecule is Clc1cnc(N2CCCNCC2)nc1Nc1ccc2c(c1)C=NC2. The molecule has 0 atom stereocenters. The van der Waals surface area contributed by atoms with Crippen LogP contribution in [0, 0.1) is 0 Å². The van der Waals surface area contributed by atoms with Gasteiger partial charge < -0.3 is 15.5 Å². The van der Waals surface area contributed by atoms with Crippen LogP contribution in [-0.2, 0) is 6.54 Å². The van der Waals surface area contributed by atoms with Crippen molar-refractivity contribution in [1.82, 2.24) is 15.3 Å². The lowest BCUT2D eigenvalue weighted by Gasteiger charge is -2.20. The van der Waals surface area contributed by atoms with Crippen molar-refractivity contribution in [3.8, 4) is 0 Å². The van der Waals surface area contributed by atoms with Crippen LogP contribution in [0.3, 0.4) is 0 Å². The zero-order valence-electron chi connectivity index (χ0n) is 13.3. The number of hydrogen-bond acceptors (Lipinski definition) is 6. The minimum absolute atomic E-state index is 0.515. The molecular weight excluding hydrogens is 324 g/mol. The van der Waals surface area contributed by atoms with Crippen LogP contribution < -0.4 is 15.5 Å². The standard InChI is InChI=1S/C17H19ClN6/c18-15-11-21-17(24-6-1-4-19-5-7-24)23-16(15)22-14-3-2-12-9-20-10-13(12)8-14/h2-3,8,10-11,19H,1,4-7,9H2,(H,21,22,23). The summed E-state index contributed by atoms with van der Waals surface area (Å²) in [5, 5.41) is 7.21. The lowest BCUT2D eigenvalue weighted by atomic mass is 10.1. The molecule has 124 valence electrons. The molecule has 1 fully saturated rings. The molecule has 7 heteroatoms. The maximum absolute atomic E-state index is 6.29. The quantitative estimate of drug-likeness (QED) is 0.897. The Hall–Kier alpha value is -2.18. The van der Waals surface area contributed by atoms with Crippen molar-refractivity contribution in [2.24, 2.45) is 4.99 Å². The Bertz CT molecular complexity index is 768. The van der Waals surface area contributed by atoms with Crippen LogP contribution in [0.25, 0.3) is 0 Å². The first-order valence-electron chi connectivity index (χ1n) is 8.17. The van der Waals surface area contributed by atoms with E-state index in [1.165, 1.54) is 5.56 Å². The van der Waals surface area contributed by atoms with Gasteiger partial charge in [-0.05, 0) is 36.2 Å². The van der Waals surface area contributed by atoms with Gasteiger partial charge in [0.1, 0.15) is 5.02 Å². The molecule has 0 bridgehead atoms. The van der Waals surface area contributed by atoms with Crippen LogP contribution in [0.15, 0.2) is 29.4 Å². The van der Waals surface area contributed by atoms with Crippen molar-refractivity contribution in [1.29, 1.82) is 0 Å². The predicted molar refractivity (Wildman–Crippen MR) is 97.8 cm³/mol. The largest absolute Gasteiger partial charge is 0.339 e. The highest BCUT2D eigenvalue weighted by atomic mass is 35.5. The highest BCUT2D eigenvalue weighted by molar-refractivity contribution is 6.32. The van der Waals surface area contributed by atoms with E-state index in [0.717, 1.165) is 50.4 Å². The maximum Gasteiger partial charge on any atom is 0.227 e. The van der Waals surface area contributed by atoms with Crippen LogP contribution in [0.4, 0.5) is 17.5 Å². The molecule has 2 aliphatic heterocycles. The molecule has 0 aliphatic carbocycles. The summed E-state index contributed by atoms with van der Waals surface area (Å²) >= 11 is 6.29. The van der Waals surface area contributed by atoms with Gasteiger partial charge in [0.05, 0.1) is 12.7 Å². The summed E-state index contributed by atoms with van der Waals surface area (Å²) in [7, 11) is 0. The fourth-order valence-corrected chi connectivity index (χ4v) is 3.10. The second-order valence-electron chi connectivity index (χ2n) is 5.97. The number of anilines is 3. The number of fused-ring (bicyclic) bond motifs is 1. The predicted octanol–water partition coefficient (Wildman–Crippen LogP) is 2.61. The molecule has 4 rings (SSSR count). The zero-order chi connectivity index (χ0) is 16.4. The van der Waals surface area contributed by atoms with E-state index >= 15 is 0 Å². The van der Waals surface area contributed by atoms with Crippen LogP contribution in [0.1, 0.15) is 17.5 Å². The van der Waals surface area contributed by atoms with Gasteiger partial charge in [-0.3, -0.25) is 4.99 Å². The highest BCUT2D eigenvalue weighted by Gasteiger charge is 2.15. The number of nitrogens with zero attached hydrogens (tertiary/aromatic N) is 4. The normalized spacial score (nSPS) is 16.8. The van der Waals surface area contributed by atoms with Crippen molar-refractivity contribution in [3.63, 3.8) is 0 Å². The molecule has 2 N–H and O–H groups in total. The van der Waals surface area contributed by atoms with E-state index in [2.05, 4.69) is 42.6 Å². The van der Waals surface area contributed by atoms with Crippen molar-refractivity contribution in [2.75, 3.05) is 36.4 Å². The van der Waals surface area contributed by atoms with E-state index in [1.807, 2.05) is 12.3 Å². The van der Waals surface area contributed by atoms with Gasteiger partial charge in [0.15, 0.2) is 5.82 Å². The second kappa shape index (κ2) is 6.75. The van der Waals surface area contributed by atoms with Crippen molar-refractivity contribution in [3.05, 3.63) is 40.5 Å². The molecule has 6 nitrogen and oxygen atoms in total. The molecule has 2 aliphatic rings. The Morgan fingerprint density at radius 2 is 2.17 bits per heavy atom. The average molecular weight is 343 g/mol. The van der Waals surface area contributed by atoms with Crippen LogP contribution >= 0.6 is 11.6 Å². The highest BCUT2D eigenvalue weighted by Crippen LogP contribution is 2.27. The molecule has 0 unspecified atom stereocenters. The minimum atomic E-state index is 0.515. The van der Waals surface area contributed by atoms with E-state index in [0.29, 0.717) is 16.8 Å². The molecule has 0 saturated carbocycles. The van der Waals surface area contributed by atoms with Gasteiger partial charge >= 0.3 is 0 Å². The van der Waals surface area contributed by atoms with Gasteiger partial charge in [-0.1, -0.05) is 17.7 Å². The summed E-state index contributed by atoms with van der Waals surface area (Å²) in [6, 6.07) is 6.18. The average Bonchev–Trinajstić information content (AvgIpc) is 2.89. The van der Waals surface area contributed by atoms with Gasteiger partial charge in [0, 0.05) is 31.5 Å². The van der Waals surface area contributed by atoms with E-state index in [4.69, 9.17) is 11.6 Å². The zero-order valence-corrected chi connectivity index (χ0v) is 14.1. The monoisotopic (exact) mass is 342 g/mol. The molecule has 0 amide bonds. The summed E-state index contributed by atoms with van der Waals surface area (Å²) in [4.78, 5) is 15.5. The third kappa shape index (κ3) is 3.20. The number of aromatic nitrogens is 2. The smallest absolute Gasteiger partial charge is 0.227 e. The minimum Gasteiger partial charge on any atom is -0.339 e. The third-order valence-corrected chi connectivity index (χ3v) is 4.53. The first kappa shape index (κ1) is 15.4. The first-order valence-corrected chi connectivity index (χ1v) is 8.55. The number of rotatable bonds is 3. The number of aliphatic imine (C=N–C) groups is 1. The summed E-state index contributed by atoms with van der Waals surface area (Å²) < 4.78 is 0. The number of halogens is 1. The van der Waals surface area contributed by atoms with Crippen LogP contribution in [0.5, 0.6) is 0 Å². The third-order valence-electron chi connectivity index (χ3n) is 4.25. The van der Waals surface area contributed by atoms with E-state index in [1.54, 1.807) is 6.20 Å². The van der Waals surface area contributed by atoms with Gasteiger partial charge in [-0.15, -0.1) is 0 Å². The topological polar surface area (TPSA) is 65.4 Å². The Balaban J connectivity index is 1.58. The Labute approximate surface area is 146 Å². The molecule has 0 radical (unpaired) electrons. The summed E-state index contributed by atoms with van der Waals surface area (Å²) in [5.74, 6) is 1.35. The lowest BCUT2D eigenvalue weighted by Crippen LogP contribution is -2.29. The molecule has 24 heavy (non-hydrogen) atoms. The summed E-state index contributed by atoms with van der Waals surface area (Å²) in [6.07, 6.45) is 4.65. The Morgan fingerprint density at radius 1 is 1.21 bits per heavy atom. The molecule has 3 heterocycles.